The topological polar surface area (TPSA) is 26.0 Å². The normalized spacial score (nSPS) is 12.2. The van der Waals surface area contributed by atoms with Crippen LogP contribution in [0.15, 0.2) is 42.5 Å². The molecule has 2 rings (SSSR count). The summed E-state index contributed by atoms with van der Waals surface area (Å²) in [5.74, 6) is 0. The largest absolute Gasteiger partial charge is 0.398 e. The molecule has 0 aliphatic carbocycles. The Bertz CT molecular complexity index is 619. The van der Waals surface area contributed by atoms with Crippen LogP contribution in [0.5, 0.6) is 0 Å². The highest BCUT2D eigenvalue weighted by Crippen LogP contribution is 2.25. The minimum Gasteiger partial charge on any atom is -0.398 e. The van der Waals surface area contributed by atoms with Crippen molar-refractivity contribution >= 4 is 11.3 Å². The maximum Gasteiger partial charge on any atom is 0.0426 e. The third-order valence-corrected chi connectivity index (χ3v) is 3.56. The standard InChI is InChI=1S/C18H21N/c1-12-5-8-16(9-6-12)15(4)18(19)17-10-7-13(2)11-14(17)3/h5-11H,19H2,1-4H3/b18-15+. The average molecular weight is 251 g/mol. The molecule has 0 saturated carbocycles. The second-order valence-corrected chi connectivity index (χ2v) is 5.22. The highest BCUT2D eigenvalue weighted by molar-refractivity contribution is 5.89. The molecule has 0 atom stereocenters. The van der Waals surface area contributed by atoms with Crippen LogP contribution in [-0.2, 0) is 0 Å². The van der Waals surface area contributed by atoms with E-state index in [4.69, 9.17) is 5.73 Å². The highest BCUT2D eigenvalue weighted by Gasteiger charge is 2.06. The van der Waals surface area contributed by atoms with E-state index >= 15 is 0 Å². The maximum absolute atomic E-state index is 6.34. The maximum atomic E-state index is 6.34. The first-order valence-electron chi connectivity index (χ1n) is 6.60. The summed E-state index contributed by atoms with van der Waals surface area (Å²) < 4.78 is 0. The van der Waals surface area contributed by atoms with Crippen LogP contribution in [0.4, 0.5) is 0 Å². The molecule has 0 unspecified atom stereocenters. The molecule has 0 aliphatic heterocycles. The molecule has 19 heavy (non-hydrogen) atoms. The van der Waals surface area contributed by atoms with Crippen LogP contribution in [0.2, 0.25) is 0 Å². The molecular weight excluding hydrogens is 230 g/mol. The van der Waals surface area contributed by atoms with E-state index in [9.17, 15) is 0 Å². The van der Waals surface area contributed by atoms with Gasteiger partial charge in [-0.05, 0) is 44.4 Å². The summed E-state index contributed by atoms with van der Waals surface area (Å²) in [5, 5.41) is 0. The molecule has 2 aromatic carbocycles. The van der Waals surface area contributed by atoms with E-state index in [1.54, 1.807) is 0 Å². The second-order valence-electron chi connectivity index (χ2n) is 5.22. The zero-order chi connectivity index (χ0) is 14.0. The molecular formula is C18H21N. The van der Waals surface area contributed by atoms with Gasteiger partial charge in [0.2, 0.25) is 0 Å². The fourth-order valence-electron chi connectivity index (χ4n) is 2.28. The van der Waals surface area contributed by atoms with E-state index in [0.717, 1.165) is 16.8 Å². The van der Waals surface area contributed by atoms with Gasteiger partial charge in [-0.2, -0.15) is 0 Å². The summed E-state index contributed by atoms with van der Waals surface area (Å²) in [6.45, 7) is 8.39. The fourth-order valence-corrected chi connectivity index (χ4v) is 2.28. The van der Waals surface area contributed by atoms with Gasteiger partial charge in [0.15, 0.2) is 0 Å². The lowest BCUT2D eigenvalue weighted by molar-refractivity contribution is 1.33. The van der Waals surface area contributed by atoms with Crippen molar-refractivity contribution in [2.45, 2.75) is 27.7 Å². The third-order valence-electron chi connectivity index (χ3n) is 3.56. The first kappa shape index (κ1) is 13.4. The van der Waals surface area contributed by atoms with Gasteiger partial charge in [-0.3, -0.25) is 0 Å². The van der Waals surface area contributed by atoms with Crippen LogP contribution in [0.25, 0.3) is 11.3 Å². The molecule has 0 amide bonds. The van der Waals surface area contributed by atoms with Crippen LogP contribution < -0.4 is 5.73 Å². The Hall–Kier alpha value is -2.02. The van der Waals surface area contributed by atoms with Crippen molar-refractivity contribution in [3.05, 3.63) is 70.3 Å². The van der Waals surface area contributed by atoms with Crippen molar-refractivity contribution in [2.75, 3.05) is 0 Å². The summed E-state index contributed by atoms with van der Waals surface area (Å²) in [6.07, 6.45) is 0. The van der Waals surface area contributed by atoms with Crippen molar-refractivity contribution in [1.29, 1.82) is 0 Å². The van der Waals surface area contributed by atoms with Crippen LogP contribution in [0.1, 0.15) is 34.7 Å². The van der Waals surface area contributed by atoms with E-state index in [1.165, 1.54) is 22.3 Å². The van der Waals surface area contributed by atoms with Crippen molar-refractivity contribution in [1.82, 2.24) is 0 Å². The van der Waals surface area contributed by atoms with Crippen LogP contribution >= 0.6 is 0 Å². The van der Waals surface area contributed by atoms with Crippen LogP contribution in [0.3, 0.4) is 0 Å². The fraction of sp³-hybridized carbons (Fsp3) is 0.222. The first-order valence-corrected chi connectivity index (χ1v) is 6.60. The van der Waals surface area contributed by atoms with Crippen molar-refractivity contribution in [2.24, 2.45) is 5.73 Å². The van der Waals surface area contributed by atoms with Crippen molar-refractivity contribution in [3.8, 4) is 0 Å². The Morgan fingerprint density at radius 2 is 1.42 bits per heavy atom. The van der Waals surface area contributed by atoms with Crippen LogP contribution in [-0.4, -0.2) is 0 Å². The molecule has 0 saturated heterocycles. The number of aryl methyl sites for hydroxylation is 3. The van der Waals surface area contributed by atoms with E-state index in [1.807, 2.05) is 0 Å². The molecule has 2 aromatic rings. The van der Waals surface area contributed by atoms with E-state index in [-0.39, 0.29) is 0 Å². The van der Waals surface area contributed by atoms with E-state index < -0.39 is 0 Å². The minimum absolute atomic E-state index is 0.862. The van der Waals surface area contributed by atoms with Gasteiger partial charge in [0.05, 0.1) is 0 Å². The Labute approximate surface area is 115 Å². The monoisotopic (exact) mass is 251 g/mol. The zero-order valence-corrected chi connectivity index (χ0v) is 12.1. The molecule has 1 nitrogen and oxygen atoms in total. The number of rotatable bonds is 2. The number of allylic oxidation sites excluding steroid dienone is 1. The molecule has 0 spiro atoms. The minimum atomic E-state index is 0.862. The summed E-state index contributed by atoms with van der Waals surface area (Å²) in [6, 6.07) is 14.9. The van der Waals surface area contributed by atoms with Crippen molar-refractivity contribution in [3.63, 3.8) is 0 Å². The van der Waals surface area contributed by atoms with Gasteiger partial charge >= 0.3 is 0 Å². The van der Waals surface area contributed by atoms with E-state index in [0.29, 0.717) is 0 Å². The summed E-state index contributed by atoms with van der Waals surface area (Å²) in [7, 11) is 0. The molecule has 98 valence electrons. The Morgan fingerprint density at radius 3 is 2.00 bits per heavy atom. The van der Waals surface area contributed by atoms with Crippen molar-refractivity contribution < 1.29 is 0 Å². The second kappa shape index (κ2) is 5.31. The number of hydrogen-bond donors (Lipinski definition) is 1. The van der Waals surface area contributed by atoms with Gasteiger partial charge in [0, 0.05) is 11.3 Å². The van der Waals surface area contributed by atoms with Gasteiger partial charge in [-0.1, -0.05) is 53.6 Å². The predicted octanol–water partition coefficient (Wildman–Crippen LogP) is 4.46. The molecule has 0 bridgehead atoms. The lowest BCUT2D eigenvalue weighted by Crippen LogP contribution is -2.02. The number of nitrogens with two attached hydrogens (primary N) is 1. The Kier molecular flexibility index (Phi) is 3.75. The number of benzene rings is 2. The molecule has 0 heterocycles. The lowest BCUT2D eigenvalue weighted by atomic mass is 9.97. The molecule has 1 heteroatoms. The van der Waals surface area contributed by atoms with Gasteiger partial charge in [0.1, 0.15) is 0 Å². The highest BCUT2D eigenvalue weighted by atomic mass is 14.6. The molecule has 0 aliphatic rings. The third kappa shape index (κ3) is 2.87. The summed E-state index contributed by atoms with van der Waals surface area (Å²) in [4.78, 5) is 0. The quantitative estimate of drug-likeness (QED) is 0.784. The lowest BCUT2D eigenvalue weighted by Gasteiger charge is -2.12. The van der Waals surface area contributed by atoms with Gasteiger partial charge in [-0.25, -0.2) is 0 Å². The smallest absolute Gasteiger partial charge is 0.0426 e. The summed E-state index contributed by atoms with van der Waals surface area (Å²) in [5.41, 5.74) is 14.4. The predicted molar refractivity (Wildman–Crippen MR) is 83.8 cm³/mol. The van der Waals surface area contributed by atoms with Gasteiger partial charge < -0.3 is 5.73 Å². The van der Waals surface area contributed by atoms with Gasteiger partial charge in [0.25, 0.3) is 0 Å². The number of hydrogen-bond acceptors (Lipinski definition) is 1. The average Bonchev–Trinajstić information content (AvgIpc) is 2.38. The molecule has 0 aromatic heterocycles. The molecule has 0 radical (unpaired) electrons. The molecule has 0 fully saturated rings. The first-order chi connectivity index (χ1) is 8.99. The zero-order valence-electron chi connectivity index (χ0n) is 12.1. The SMILES string of the molecule is C/C(=C(\N)c1ccc(C)cc1C)c1ccc(C)cc1. The summed E-state index contributed by atoms with van der Waals surface area (Å²) >= 11 is 0. The Balaban J connectivity index is 2.48. The van der Waals surface area contributed by atoms with E-state index in [2.05, 4.69) is 70.2 Å². The van der Waals surface area contributed by atoms with Gasteiger partial charge in [-0.15, -0.1) is 0 Å². The van der Waals surface area contributed by atoms with Crippen LogP contribution in [0, 0.1) is 20.8 Å². The molecule has 2 N–H and O–H groups in total. The Morgan fingerprint density at radius 1 is 0.842 bits per heavy atom.